The van der Waals surface area contributed by atoms with Crippen molar-refractivity contribution in [2.45, 2.75) is 32.7 Å². The first-order valence-corrected chi connectivity index (χ1v) is 9.09. The summed E-state index contributed by atoms with van der Waals surface area (Å²) in [5, 5.41) is 5.15. The number of likely N-dealkylation sites (N-methyl/N-ethyl adjacent to an activating group) is 2. The van der Waals surface area contributed by atoms with Gasteiger partial charge in [0.25, 0.3) is 11.8 Å². The maximum Gasteiger partial charge on any atom is 0.261 e. The van der Waals surface area contributed by atoms with E-state index in [0.29, 0.717) is 24.0 Å². The Labute approximate surface area is 158 Å². The molecule has 2 rings (SSSR count). The van der Waals surface area contributed by atoms with E-state index in [-0.39, 0.29) is 18.2 Å². The van der Waals surface area contributed by atoms with Crippen LogP contribution in [0.3, 0.4) is 0 Å². The highest BCUT2D eigenvalue weighted by molar-refractivity contribution is 6.22. The van der Waals surface area contributed by atoms with Crippen molar-refractivity contribution in [1.29, 1.82) is 0 Å². The molecule has 0 fully saturated rings. The second-order valence-electron chi connectivity index (χ2n) is 6.47. The van der Waals surface area contributed by atoms with Gasteiger partial charge < -0.3 is 10.2 Å². The lowest BCUT2D eigenvalue weighted by atomic mass is 10.1. The molecule has 1 unspecified atom stereocenters. The minimum absolute atomic E-state index is 0.0617. The Morgan fingerprint density at radius 2 is 1.96 bits per heavy atom. The van der Waals surface area contributed by atoms with Crippen LogP contribution in [-0.2, 0) is 9.59 Å². The van der Waals surface area contributed by atoms with Crippen LogP contribution in [0, 0.1) is 0 Å². The molecule has 1 heterocycles. The standard InChI is InChI=1S/C19H26N4O4/c1-4-22(10-9-20-3)14-6-7-15-16(11-14)19(27)23(18(15)26)13(2)5-8-17(25)21-12-24/h6-7,11-13,20H,4-5,8-10H2,1-3H3,(H,21,24,25). The summed E-state index contributed by atoms with van der Waals surface area (Å²) in [4.78, 5) is 50.5. The van der Waals surface area contributed by atoms with Crippen molar-refractivity contribution >= 4 is 29.8 Å². The first kappa shape index (κ1) is 20.6. The van der Waals surface area contributed by atoms with Gasteiger partial charge in [0.15, 0.2) is 0 Å². The lowest BCUT2D eigenvalue weighted by Gasteiger charge is -2.23. The average Bonchev–Trinajstić information content (AvgIpc) is 2.91. The third-order valence-corrected chi connectivity index (χ3v) is 4.73. The van der Waals surface area contributed by atoms with Crippen LogP contribution in [0.2, 0.25) is 0 Å². The summed E-state index contributed by atoms with van der Waals surface area (Å²) in [6.07, 6.45) is 0.678. The molecule has 1 aromatic rings. The highest BCUT2D eigenvalue weighted by atomic mass is 16.2. The minimum Gasteiger partial charge on any atom is -0.371 e. The molecular weight excluding hydrogens is 348 g/mol. The Morgan fingerprint density at radius 1 is 1.26 bits per heavy atom. The van der Waals surface area contributed by atoms with Crippen LogP contribution < -0.4 is 15.5 Å². The van der Waals surface area contributed by atoms with Gasteiger partial charge >= 0.3 is 0 Å². The number of hydrogen-bond donors (Lipinski definition) is 2. The zero-order valence-electron chi connectivity index (χ0n) is 15.9. The molecule has 0 bridgehead atoms. The predicted molar refractivity (Wildman–Crippen MR) is 102 cm³/mol. The summed E-state index contributed by atoms with van der Waals surface area (Å²) in [5.41, 5.74) is 1.68. The Morgan fingerprint density at radius 3 is 2.59 bits per heavy atom. The number of amides is 4. The van der Waals surface area contributed by atoms with Crippen LogP contribution in [0.25, 0.3) is 0 Å². The van der Waals surface area contributed by atoms with Crippen molar-refractivity contribution in [1.82, 2.24) is 15.5 Å². The smallest absolute Gasteiger partial charge is 0.261 e. The van der Waals surface area contributed by atoms with Crippen molar-refractivity contribution in [3.63, 3.8) is 0 Å². The van der Waals surface area contributed by atoms with Crippen molar-refractivity contribution < 1.29 is 19.2 Å². The van der Waals surface area contributed by atoms with E-state index in [9.17, 15) is 19.2 Å². The average molecular weight is 374 g/mol. The van der Waals surface area contributed by atoms with Crippen LogP contribution in [0.1, 0.15) is 47.4 Å². The van der Waals surface area contributed by atoms with Crippen LogP contribution in [0.4, 0.5) is 5.69 Å². The highest BCUT2D eigenvalue weighted by Crippen LogP contribution is 2.29. The third kappa shape index (κ3) is 4.51. The van der Waals surface area contributed by atoms with E-state index in [1.165, 1.54) is 4.90 Å². The fourth-order valence-corrected chi connectivity index (χ4v) is 3.17. The summed E-state index contributed by atoms with van der Waals surface area (Å²) in [7, 11) is 1.88. The van der Waals surface area contributed by atoms with Gasteiger partial charge in [-0.2, -0.15) is 0 Å². The molecule has 1 aromatic carbocycles. The van der Waals surface area contributed by atoms with Gasteiger partial charge in [0.2, 0.25) is 12.3 Å². The predicted octanol–water partition coefficient (Wildman–Crippen LogP) is 0.770. The number of carbonyl (C=O) groups is 4. The van der Waals surface area contributed by atoms with E-state index in [1.807, 2.05) is 20.0 Å². The van der Waals surface area contributed by atoms with E-state index in [0.717, 1.165) is 25.3 Å². The summed E-state index contributed by atoms with van der Waals surface area (Å²) >= 11 is 0. The summed E-state index contributed by atoms with van der Waals surface area (Å²) in [6, 6.07) is 4.87. The van der Waals surface area contributed by atoms with E-state index >= 15 is 0 Å². The first-order valence-electron chi connectivity index (χ1n) is 9.09. The second kappa shape index (κ2) is 9.27. The zero-order chi connectivity index (χ0) is 20.0. The molecule has 8 heteroatoms. The summed E-state index contributed by atoms with van der Waals surface area (Å²) in [5.74, 6) is -1.12. The molecule has 0 saturated carbocycles. The number of benzene rings is 1. The molecule has 1 aliphatic heterocycles. The van der Waals surface area contributed by atoms with Crippen molar-refractivity contribution in [2.24, 2.45) is 0 Å². The Bertz CT molecular complexity index is 734. The highest BCUT2D eigenvalue weighted by Gasteiger charge is 2.38. The Kier molecular flexibility index (Phi) is 7.06. The molecule has 2 N–H and O–H groups in total. The number of nitrogens with one attached hydrogen (secondary N) is 2. The van der Waals surface area contributed by atoms with Crippen LogP contribution in [0.15, 0.2) is 18.2 Å². The van der Waals surface area contributed by atoms with Gasteiger partial charge in [-0.1, -0.05) is 0 Å². The lowest BCUT2D eigenvalue weighted by Crippen LogP contribution is -2.38. The quantitative estimate of drug-likeness (QED) is 0.464. The molecule has 0 saturated heterocycles. The molecular formula is C19H26N4O4. The number of fused-ring (bicyclic) bond motifs is 1. The molecule has 0 aliphatic carbocycles. The molecule has 0 aromatic heterocycles. The fourth-order valence-electron chi connectivity index (χ4n) is 3.17. The fraction of sp³-hybridized carbons (Fsp3) is 0.474. The van der Waals surface area contributed by atoms with E-state index in [2.05, 4.69) is 15.5 Å². The van der Waals surface area contributed by atoms with Gasteiger partial charge in [-0.25, -0.2) is 0 Å². The molecule has 8 nitrogen and oxygen atoms in total. The molecule has 146 valence electrons. The van der Waals surface area contributed by atoms with Crippen LogP contribution in [-0.4, -0.2) is 61.8 Å². The number of rotatable bonds is 10. The molecule has 4 amide bonds. The number of carbonyl (C=O) groups excluding carboxylic acids is 4. The third-order valence-electron chi connectivity index (χ3n) is 4.73. The van der Waals surface area contributed by atoms with Crippen LogP contribution >= 0.6 is 0 Å². The van der Waals surface area contributed by atoms with Crippen LogP contribution in [0.5, 0.6) is 0 Å². The second-order valence-corrected chi connectivity index (χ2v) is 6.47. The number of hydrogen-bond acceptors (Lipinski definition) is 6. The molecule has 1 aliphatic rings. The maximum atomic E-state index is 12.8. The van der Waals surface area contributed by atoms with Gasteiger partial charge in [-0.3, -0.25) is 29.4 Å². The van der Waals surface area contributed by atoms with Gasteiger partial charge in [0.1, 0.15) is 0 Å². The van der Waals surface area contributed by atoms with Crippen molar-refractivity contribution in [2.75, 3.05) is 31.6 Å². The summed E-state index contributed by atoms with van der Waals surface area (Å²) in [6.45, 7) is 6.15. The largest absolute Gasteiger partial charge is 0.371 e. The SMILES string of the molecule is CCN(CCNC)c1ccc2c(c1)C(=O)N(C(C)CCC(=O)NC=O)C2=O. The summed E-state index contributed by atoms with van der Waals surface area (Å²) < 4.78 is 0. The molecule has 0 radical (unpaired) electrons. The molecule has 0 spiro atoms. The van der Waals surface area contributed by atoms with Crippen molar-refractivity contribution in [3.05, 3.63) is 29.3 Å². The van der Waals surface area contributed by atoms with Gasteiger partial charge in [-0.15, -0.1) is 0 Å². The van der Waals surface area contributed by atoms with Gasteiger partial charge in [0.05, 0.1) is 11.1 Å². The van der Waals surface area contributed by atoms with Crippen molar-refractivity contribution in [3.8, 4) is 0 Å². The number of anilines is 1. The molecule has 1 atom stereocenters. The lowest BCUT2D eigenvalue weighted by molar-refractivity contribution is -0.125. The maximum absolute atomic E-state index is 12.8. The Balaban J connectivity index is 2.16. The molecule has 27 heavy (non-hydrogen) atoms. The minimum atomic E-state index is -0.440. The van der Waals surface area contributed by atoms with Gasteiger partial charge in [-0.05, 0) is 45.5 Å². The number of nitrogens with zero attached hydrogens (tertiary/aromatic N) is 2. The zero-order valence-corrected chi connectivity index (χ0v) is 15.9. The van der Waals surface area contributed by atoms with E-state index in [4.69, 9.17) is 0 Å². The van der Waals surface area contributed by atoms with Gasteiger partial charge in [0, 0.05) is 37.8 Å². The van der Waals surface area contributed by atoms with E-state index < -0.39 is 11.9 Å². The van der Waals surface area contributed by atoms with E-state index in [1.54, 1.807) is 19.1 Å². The normalized spacial score (nSPS) is 14.1. The monoisotopic (exact) mass is 374 g/mol. The Hall–Kier alpha value is -2.74. The first-order chi connectivity index (χ1) is 12.9. The topological polar surface area (TPSA) is 98.8 Å². The number of imide groups is 2.